The molecule has 1 nitrogen and oxygen atoms in total. The molecule has 0 saturated heterocycles. The molecule has 0 aromatic carbocycles. The predicted molar refractivity (Wildman–Crippen MR) is 68.9 cm³/mol. The summed E-state index contributed by atoms with van der Waals surface area (Å²) in [5.74, 6) is 2.80. The molecule has 88 valence electrons. The second-order valence-electron chi connectivity index (χ2n) is 4.23. The first-order chi connectivity index (χ1) is 7.35. The van der Waals surface area contributed by atoms with Gasteiger partial charge in [0, 0.05) is 0 Å². The van der Waals surface area contributed by atoms with E-state index < -0.39 is 0 Å². The van der Waals surface area contributed by atoms with Crippen LogP contribution < -0.4 is 5.32 Å². The van der Waals surface area contributed by atoms with E-state index in [0.717, 1.165) is 13.0 Å². The topological polar surface area (TPSA) is 12.0 Å². The van der Waals surface area contributed by atoms with Crippen LogP contribution in [0.5, 0.6) is 0 Å². The Hall–Kier alpha value is -0.480. The second kappa shape index (κ2) is 11.6. The van der Waals surface area contributed by atoms with Crippen molar-refractivity contribution in [2.24, 2.45) is 0 Å². The molecule has 0 aromatic heterocycles. The van der Waals surface area contributed by atoms with Gasteiger partial charge in [0.05, 0.1) is 6.04 Å². The molecule has 0 saturated carbocycles. The Morgan fingerprint density at radius 2 is 1.67 bits per heavy atom. The van der Waals surface area contributed by atoms with Crippen molar-refractivity contribution >= 4 is 0 Å². The third-order valence-electron chi connectivity index (χ3n) is 2.70. The minimum Gasteiger partial charge on any atom is -0.304 e. The molecule has 0 fully saturated rings. The molecular weight excluding hydrogens is 182 g/mol. The fourth-order valence-electron chi connectivity index (χ4n) is 1.71. The zero-order valence-electron chi connectivity index (χ0n) is 10.5. The second-order valence-corrected chi connectivity index (χ2v) is 4.23. The SMILES string of the molecule is C#CC(CCC)NCCCCCCCC. The van der Waals surface area contributed by atoms with Crippen molar-refractivity contribution in [1.82, 2.24) is 5.32 Å². The van der Waals surface area contributed by atoms with Gasteiger partial charge in [0.25, 0.3) is 0 Å². The number of terminal acetylenes is 1. The summed E-state index contributed by atoms with van der Waals surface area (Å²) in [5, 5.41) is 3.43. The highest BCUT2D eigenvalue weighted by molar-refractivity contribution is 4.98. The summed E-state index contributed by atoms with van der Waals surface area (Å²) >= 11 is 0. The van der Waals surface area contributed by atoms with Gasteiger partial charge in [-0.3, -0.25) is 0 Å². The average molecular weight is 209 g/mol. The van der Waals surface area contributed by atoms with Crippen molar-refractivity contribution in [1.29, 1.82) is 0 Å². The average Bonchev–Trinajstić information content (AvgIpc) is 2.26. The van der Waals surface area contributed by atoms with Crippen molar-refractivity contribution in [3.05, 3.63) is 0 Å². The smallest absolute Gasteiger partial charge is 0.0686 e. The number of hydrogen-bond donors (Lipinski definition) is 1. The molecule has 0 bridgehead atoms. The Morgan fingerprint density at radius 1 is 1.00 bits per heavy atom. The molecule has 1 unspecified atom stereocenters. The summed E-state index contributed by atoms with van der Waals surface area (Å²) in [6.45, 7) is 5.52. The van der Waals surface area contributed by atoms with Crippen LogP contribution in [0.25, 0.3) is 0 Å². The number of hydrogen-bond acceptors (Lipinski definition) is 1. The zero-order valence-corrected chi connectivity index (χ0v) is 10.5. The molecule has 1 atom stereocenters. The van der Waals surface area contributed by atoms with E-state index in [1.54, 1.807) is 0 Å². The third-order valence-corrected chi connectivity index (χ3v) is 2.70. The molecule has 0 aliphatic carbocycles. The lowest BCUT2D eigenvalue weighted by Crippen LogP contribution is -2.28. The zero-order chi connectivity index (χ0) is 11.4. The standard InChI is InChI=1S/C14H27N/c1-4-7-8-9-10-11-13-15-14(6-3)12-5-2/h3,14-15H,4-5,7-13H2,1-2H3. The molecule has 0 aliphatic heterocycles. The molecule has 0 aromatic rings. The lowest BCUT2D eigenvalue weighted by atomic mass is 10.1. The van der Waals surface area contributed by atoms with Crippen LogP contribution in [0.15, 0.2) is 0 Å². The highest BCUT2D eigenvalue weighted by Gasteiger charge is 2.00. The first-order valence-corrected chi connectivity index (χ1v) is 6.54. The van der Waals surface area contributed by atoms with E-state index in [0.29, 0.717) is 6.04 Å². The first-order valence-electron chi connectivity index (χ1n) is 6.54. The van der Waals surface area contributed by atoms with Crippen LogP contribution in [0.3, 0.4) is 0 Å². The molecule has 0 aliphatic rings. The summed E-state index contributed by atoms with van der Waals surface area (Å²) in [4.78, 5) is 0. The van der Waals surface area contributed by atoms with Crippen molar-refractivity contribution in [2.75, 3.05) is 6.54 Å². The Bertz CT molecular complexity index is 157. The molecule has 15 heavy (non-hydrogen) atoms. The highest BCUT2D eigenvalue weighted by Crippen LogP contribution is 2.04. The minimum atomic E-state index is 0.297. The lowest BCUT2D eigenvalue weighted by Gasteiger charge is -2.11. The maximum Gasteiger partial charge on any atom is 0.0686 e. The van der Waals surface area contributed by atoms with Gasteiger partial charge < -0.3 is 5.32 Å². The van der Waals surface area contributed by atoms with Gasteiger partial charge in [0.1, 0.15) is 0 Å². The highest BCUT2D eigenvalue weighted by atomic mass is 14.9. The predicted octanol–water partition coefficient (Wildman–Crippen LogP) is 3.74. The molecule has 0 radical (unpaired) electrons. The molecular formula is C14H27N. The summed E-state index contributed by atoms with van der Waals surface area (Å²) in [6.07, 6.45) is 15.8. The van der Waals surface area contributed by atoms with Crippen molar-refractivity contribution < 1.29 is 0 Å². The summed E-state index contributed by atoms with van der Waals surface area (Å²) < 4.78 is 0. The van der Waals surface area contributed by atoms with Crippen LogP contribution in [0.4, 0.5) is 0 Å². The Balaban J connectivity index is 3.19. The van der Waals surface area contributed by atoms with Crippen molar-refractivity contribution in [3.63, 3.8) is 0 Å². The molecule has 1 heteroatoms. The molecule has 0 spiro atoms. The van der Waals surface area contributed by atoms with E-state index in [-0.39, 0.29) is 0 Å². The maximum absolute atomic E-state index is 5.43. The van der Waals surface area contributed by atoms with E-state index in [1.807, 2.05) is 0 Å². The van der Waals surface area contributed by atoms with Gasteiger partial charge in [-0.1, -0.05) is 58.3 Å². The van der Waals surface area contributed by atoms with Gasteiger partial charge in [-0.05, 0) is 19.4 Å². The van der Waals surface area contributed by atoms with Gasteiger partial charge in [0.15, 0.2) is 0 Å². The number of unbranched alkanes of at least 4 members (excludes halogenated alkanes) is 5. The van der Waals surface area contributed by atoms with E-state index in [2.05, 4.69) is 25.1 Å². The van der Waals surface area contributed by atoms with Gasteiger partial charge in [-0.2, -0.15) is 0 Å². The third kappa shape index (κ3) is 9.82. The van der Waals surface area contributed by atoms with Gasteiger partial charge in [0.2, 0.25) is 0 Å². The summed E-state index contributed by atoms with van der Waals surface area (Å²) in [7, 11) is 0. The van der Waals surface area contributed by atoms with Crippen molar-refractivity contribution in [3.8, 4) is 12.3 Å². The fraction of sp³-hybridized carbons (Fsp3) is 0.857. The summed E-state index contributed by atoms with van der Waals surface area (Å²) in [5.41, 5.74) is 0. The maximum atomic E-state index is 5.43. The van der Waals surface area contributed by atoms with Crippen LogP contribution in [-0.4, -0.2) is 12.6 Å². The Labute approximate surface area is 96.0 Å². The van der Waals surface area contributed by atoms with Crippen LogP contribution >= 0.6 is 0 Å². The van der Waals surface area contributed by atoms with Gasteiger partial charge in [-0.25, -0.2) is 0 Å². The van der Waals surface area contributed by atoms with Crippen LogP contribution in [0, 0.1) is 12.3 Å². The van der Waals surface area contributed by atoms with Gasteiger partial charge >= 0.3 is 0 Å². The van der Waals surface area contributed by atoms with Crippen LogP contribution in [0.2, 0.25) is 0 Å². The number of rotatable bonds is 10. The van der Waals surface area contributed by atoms with E-state index in [1.165, 1.54) is 44.9 Å². The van der Waals surface area contributed by atoms with Crippen LogP contribution in [0.1, 0.15) is 65.2 Å². The fourth-order valence-corrected chi connectivity index (χ4v) is 1.71. The molecule has 1 N–H and O–H groups in total. The quantitative estimate of drug-likeness (QED) is 0.427. The largest absolute Gasteiger partial charge is 0.304 e. The minimum absolute atomic E-state index is 0.297. The van der Waals surface area contributed by atoms with E-state index >= 15 is 0 Å². The normalized spacial score (nSPS) is 12.3. The van der Waals surface area contributed by atoms with E-state index in [4.69, 9.17) is 6.42 Å². The van der Waals surface area contributed by atoms with Crippen molar-refractivity contribution in [2.45, 2.75) is 71.3 Å². The Kier molecular flexibility index (Phi) is 11.2. The van der Waals surface area contributed by atoms with E-state index in [9.17, 15) is 0 Å². The summed E-state index contributed by atoms with van der Waals surface area (Å²) in [6, 6.07) is 0.297. The molecule has 0 rings (SSSR count). The Morgan fingerprint density at radius 3 is 2.27 bits per heavy atom. The van der Waals surface area contributed by atoms with Gasteiger partial charge in [-0.15, -0.1) is 6.42 Å². The molecule has 0 heterocycles. The van der Waals surface area contributed by atoms with Crippen LogP contribution in [-0.2, 0) is 0 Å². The lowest BCUT2D eigenvalue weighted by molar-refractivity contribution is 0.525. The molecule has 0 amide bonds. The number of nitrogens with one attached hydrogen (secondary N) is 1. The first kappa shape index (κ1) is 14.5. The monoisotopic (exact) mass is 209 g/mol.